The van der Waals surface area contributed by atoms with Gasteiger partial charge in [0.2, 0.25) is 0 Å². The predicted octanol–water partition coefficient (Wildman–Crippen LogP) is -1.88. The molecule has 0 spiro atoms. The normalized spacial score (nSPS) is 0. The molecule has 0 bridgehead atoms. The standard InChI is InChI=1S/2Ga.2In.3O.2Zn/q2*+3;;;3*-2;;. The minimum absolute atomic E-state index is 0. The van der Waals surface area contributed by atoms with Crippen molar-refractivity contribution in [1.82, 2.24) is 0 Å². The van der Waals surface area contributed by atoms with Gasteiger partial charge in [0.25, 0.3) is 0 Å². The minimum atomic E-state index is 0. The summed E-state index contributed by atoms with van der Waals surface area (Å²) in [6, 6.07) is 0. The van der Waals surface area contributed by atoms with Gasteiger partial charge in [-0.25, -0.2) is 0 Å². The molecule has 0 heterocycles. The first-order valence-corrected chi connectivity index (χ1v) is 0. The third-order valence-corrected chi connectivity index (χ3v) is 0. The Bertz CT molecular complexity index is 17.8. The average molecular weight is 548 g/mol. The first-order valence-electron chi connectivity index (χ1n) is 0. The van der Waals surface area contributed by atoms with Crippen LogP contribution in [-0.4, -0.2) is 91.3 Å². The molecule has 0 aliphatic carbocycles. The maximum Gasteiger partial charge on any atom is 3.00 e. The monoisotopic (exact) mass is 544 g/mol. The fraction of sp³-hybridized carbons (Fsp3) is 0. The smallest absolute Gasteiger partial charge is 2.00 e. The summed E-state index contributed by atoms with van der Waals surface area (Å²) in [4.78, 5) is 0. The summed E-state index contributed by atoms with van der Waals surface area (Å²) in [5, 5.41) is 0. The topological polar surface area (TPSA) is 85.5 Å². The van der Waals surface area contributed by atoms with Crippen molar-refractivity contribution in [3.05, 3.63) is 0 Å². The van der Waals surface area contributed by atoms with Crippen molar-refractivity contribution in [3.63, 3.8) is 0 Å². The van der Waals surface area contributed by atoms with E-state index in [2.05, 4.69) is 0 Å². The van der Waals surface area contributed by atoms with Crippen LogP contribution in [0.2, 0.25) is 0 Å². The van der Waals surface area contributed by atoms with Crippen molar-refractivity contribution in [2.75, 3.05) is 0 Å². The van der Waals surface area contributed by atoms with Gasteiger partial charge in [-0.1, -0.05) is 0 Å². The zero-order valence-corrected chi connectivity index (χ0v) is 22.3. The summed E-state index contributed by atoms with van der Waals surface area (Å²) >= 11 is 0. The van der Waals surface area contributed by atoms with E-state index in [0.717, 1.165) is 0 Å². The van der Waals surface area contributed by atoms with Crippen molar-refractivity contribution < 1.29 is 55.4 Å². The van der Waals surface area contributed by atoms with E-state index >= 15 is 0 Å². The molecule has 0 amide bonds. The molecule has 9 heteroatoms. The van der Waals surface area contributed by atoms with E-state index in [1.54, 1.807) is 0 Å². The molecule has 0 aliphatic rings. The van der Waals surface area contributed by atoms with E-state index in [1.165, 1.54) is 0 Å². The zero-order valence-electron chi connectivity index (χ0n) is 4.95. The Kier molecular flexibility index (Phi) is 1100. The number of hydrogen-bond donors (Lipinski definition) is 0. The van der Waals surface area contributed by atoms with Crippen LogP contribution in [0.3, 0.4) is 0 Å². The summed E-state index contributed by atoms with van der Waals surface area (Å²) in [5.41, 5.74) is 0. The Labute approximate surface area is 144 Å². The van der Waals surface area contributed by atoms with Gasteiger partial charge in [0, 0.05) is 90.6 Å². The fourth-order valence-electron chi connectivity index (χ4n) is 0. The first kappa shape index (κ1) is 113. The average Bonchev–Trinajstić information content (AvgIpc) is 0. The second-order valence-corrected chi connectivity index (χ2v) is 0. The maximum atomic E-state index is 0. The van der Waals surface area contributed by atoms with Gasteiger partial charge in [0.15, 0.2) is 0 Å². The Morgan fingerprint density at radius 2 is 0.444 bits per heavy atom. The van der Waals surface area contributed by atoms with Crippen molar-refractivity contribution in [2.24, 2.45) is 0 Å². The molecule has 0 fully saturated rings. The van der Waals surface area contributed by atoms with Gasteiger partial charge in [-0.2, -0.15) is 0 Å². The van der Waals surface area contributed by atoms with Gasteiger partial charge in [-0.15, -0.1) is 0 Å². The molecule has 0 saturated heterocycles. The van der Waals surface area contributed by atoms with Gasteiger partial charge in [0.05, 0.1) is 0 Å². The molecule has 0 aromatic carbocycles. The molecule has 6 radical (unpaired) electrons. The van der Waals surface area contributed by atoms with Crippen LogP contribution in [0, 0.1) is 0 Å². The van der Waals surface area contributed by atoms with E-state index < -0.39 is 0 Å². The summed E-state index contributed by atoms with van der Waals surface area (Å²) in [5.74, 6) is 0. The fourth-order valence-corrected chi connectivity index (χ4v) is 0. The van der Waals surface area contributed by atoms with Crippen LogP contribution in [0.4, 0.5) is 0 Å². The summed E-state index contributed by atoms with van der Waals surface area (Å²) in [7, 11) is 0. The van der Waals surface area contributed by atoms with Crippen LogP contribution < -0.4 is 0 Å². The van der Waals surface area contributed by atoms with E-state index in [9.17, 15) is 0 Å². The van der Waals surface area contributed by atoms with Crippen molar-refractivity contribution in [2.45, 2.75) is 0 Å². The van der Waals surface area contributed by atoms with E-state index in [0.29, 0.717) is 0 Å². The van der Waals surface area contributed by atoms with Crippen molar-refractivity contribution >= 4 is 91.3 Å². The van der Waals surface area contributed by atoms with Gasteiger partial charge in [-0.3, -0.25) is 0 Å². The maximum absolute atomic E-state index is 0. The molecule has 0 aliphatic heterocycles. The Balaban J connectivity index is 0. The van der Waals surface area contributed by atoms with Gasteiger partial charge in [-0.05, 0) is 0 Å². The van der Waals surface area contributed by atoms with Crippen LogP contribution in [0.25, 0.3) is 0 Å². The molecular weight excluding hydrogens is 548 g/mol. The second-order valence-electron chi connectivity index (χ2n) is 0. The Hall–Kier alpha value is 4.14. The van der Waals surface area contributed by atoms with Crippen LogP contribution in [0.15, 0.2) is 0 Å². The van der Waals surface area contributed by atoms with Crippen LogP contribution in [-0.2, 0) is 55.4 Å². The molecule has 0 rings (SSSR count). The Morgan fingerprint density at radius 3 is 0.444 bits per heavy atom. The number of rotatable bonds is 0. The van der Waals surface area contributed by atoms with Crippen LogP contribution in [0.5, 0.6) is 0 Å². The minimum Gasteiger partial charge on any atom is -2.00 e. The Morgan fingerprint density at radius 1 is 0.444 bits per heavy atom. The third-order valence-electron chi connectivity index (χ3n) is 0. The molecule has 0 aromatic heterocycles. The summed E-state index contributed by atoms with van der Waals surface area (Å²) < 4.78 is 0. The largest absolute Gasteiger partial charge is 3.00 e. The molecule has 9 heavy (non-hydrogen) atoms. The molecule has 3 nitrogen and oxygen atoms in total. The molecule has 0 N–H and O–H groups in total. The molecular formula is Ga2In2O3Zn2. The number of hydrogen-bond acceptors (Lipinski definition) is 0. The van der Waals surface area contributed by atoms with Crippen LogP contribution >= 0.6 is 0 Å². The molecule has 0 saturated carbocycles. The molecule has 34 valence electrons. The van der Waals surface area contributed by atoms with Gasteiger partial charge >= 0.3 is 39.6 Å². The summed E-state index contributed by atoms with van der Waals surface area (Å²) in [6.45, 7) is 0. The predicted molar refractivity (Wildman–Crippen MR) is 25.1 cm³/mol. The summed E-state index contributed by atoms with van der Waals surface area (Å²) in [6.07, 6.45) is 0. The van der Waals surface area contributed by atoms with E-state index in [1.807, 2.05) is 0 Å². The van der Waals surface area contributed by atoms with E-state index in [4.69, 9.17) is 0 Å². The van der Waals surface area contributed by atoms with E-state index in [-0.39, 0.29) is 147 Å². The molecule has 0 aromatic rings. The molecule has 0 unspecified atom stereocenters. The molecule has 0 atom stereocenters. The van der Waals surface area contributed by atoms with Crippen molar-refractivity contribution in [1.29, 1.82) is 0 Å². The third kappa shape index (κ3) is 72.8. The quantitative estimate of drug-likeness (QED) is 0.318. The van der Waals surface area contributed by atoms with Gasteiger partial charge < -0.3 is 16.4 Å². The SMILES string of the molecule is [Ga+3].[Ga+3].[In].[In].[O-2].[O-2].[O-2].[Zn].[Zn]. The zero-order chi connectivity index (χ0) is 0. The first-order chi connectivity index (χ1) is 0. The van der Waals surface area contributed by atoms with Crippen LogP contribution in [0.1, 0.15) is 0 Å². The van der Waals surface area contributed by atoms with Gasteiger partial charge in [0.1, 0.15) is 0 Å². The second kappa shape index (κ2) is 87.9. The van der Waals surface area contributed by atoms with Crippen molar-refractivity contribution in [3.8, 4) is 0 Å².